The van der Waals surface area contributed by atoms with E-state index in [9.17, 15) is 18.0 Å². The zero-order valence-electron chi connectivity index (χ0n) is 16.2. The molecule has 30 heavy (non-hydrogen) atoms. The number of aromatic nitrogens is 3. The standard InChI is InChI=1S/C20H19F3N4O2S/c1-12-5-3-6-13(2)18(12)29-10-16-25-19(27-26-16)30-11-17(28)24-15-8-4-7-14(9-15)20(21,22)23/h3-9H,10-11H2,1-2H3,(H,24,28)(H,25,26,27). The molecular weight excluding hydrogens is 417 g/mol. The van der Waals surface area contributed by atoms with Crippen molar-refractivity contribution in [3.05, 3.63) is 65.0 Å². The molecule has 0 aliphatic rings. The third kappa shape index (κ3) is 5.76. The van der Waals surface area contributed by atoms with Gasteiger partial charge in [-0.2, -0.15) is 13.2 Å². The number of aromatic amines is 1. The normalized spacial score (nSPS) is 11.4. The summed E-state index contributed by atoms with van der Waals surface area (Å²) >= 11 is 1.06. The smallest absolute Gasteiger partial charge is 0.416 e. The Morgan fingerprint density at radius 3 is 2.57 bits per heavy atom. The molecule has 0 aliphatic heterocycles. The van der Waals surface area contributed by atoms with Gasteiger partial charge in [-0.05, 0) is 43.2 Å². The molecule has 0 saturated carbocycles. The molecule has 0 aliphatic carbocycles. The van der Waals surface area contributed by atoms with Gasteiger partial charge in [0.2, 0.25) is 11.1 Å². The number of thioether (sulfide) groups is 1. The van der Waals surface area contributed by atoms with Gasteiger partial charge in [-0.25, -0.2) is 4.98 Å². The highest BCUT2D eigenvalue weighted by molar-refractivity contribution is 7.99. The summed E-state index contributed by atoms with van der Waals surface area (Å²) in [6.45, 7) is 4.09. The minimum Gasteiger partial charge on any atom is -0.485 e. The van der Waals surface area contributed by atoms with Crippen LogP contribution >= 0.6 is 11.8 Å². The minimum absolute atomic E-state index is 0.0503. The SMILES string of the molecule is Cc1cccc(C)c1OCc1nc(SCC(=O)Nc2cccc(C(F)(F)F)c2)n[nH]1. The van der Waals surface area contributed by atoms with Crippen LogP contribution in [0.2, 0.25) is 0 Å². The molecular formula is C20H19F3N4O2S. The van der Waals surface area contributed by atoms with Crippen LogP contribution < -0.4 is 10.1 Å². The molecule has 0 bridgehead atoms. The third-order valence-electron chi connectivity index (χ3n) is 4.08. The van der Waals surface area contributed by atoms with Gasteiger partial charge in [-0.1, -0.05) is 36.0 Å². The zero-order valence-corrected chi connectivity index (χ0v) is 17.0. The first-order chi connectivity index (χ1) is 14.2. The van der Waals surface area contributed by atoms with Gasteiger partial charge < -0.3 is 10.1 Å². The number of carbonyl (C=O) groups excluding carboxylic acids is 1. The lowest BCUT2D eigenvalue weighted by Gasteiger charge is -2.10. The number of halogens is 3. The van der Waals surface area contributed by atoms with E-state index in [1.807, 2.05) is 32.0 Å². The Bertz CT molecular complexity index is 1020. The molecule has 0 saturated heterocycles. The van der Waals surface area contributed by atoms with E-state index in [-0.39, 0.29) is 18.0 Å². The fourth-order valence-corrected chi connectivity index (χ4v) is 3.29. The summed E-state index contributed by atoms with van der Waals surface area (Å²) in [5.74, 6) is 0.769. The Balaban J connectivity index is 1.51. The lowest BCUT2D eigenvalue weighted by molar-refractivity contribution is -0.137. The van der Waals surface area contributed by atoms with E-state index in [2.05, 4.69) is 20.5 Å². The number of rotatable bonds is 7. The van der Waals surface area contributed by atoms with Crippen molar-refractivity contribution < 1.29 is 22.7 Å². The van der Waals surface area contributed by atoms with Gasteiger partial charge in [0.15, 0.2) is 5.82 Å². The van der Waals surface area contributed by atoms with Crippen molar-refractivity contribution in [2.45, 2.75) is 31.8 Å². The number of amides is 1. The van der Waals surface area contributed by atoms with Crippen LogP contribution in [0, 0.1) is 13.8 Å². The van der Waals surface area contributed by atoms with Gasteiger partial charge in [-0.3, -0.25) is 9.89 Å². The molecule has 1 aromatic heterocycles. The highest BCUT2D eigenvalue weighted by atomic mass is 32.2. The fraction of sp³-hybridized carbons (Fsp3) is 0.250. The Hall–Kier alpha value is -3.01. The third-order valence-corrected chi connectivity index (χ3v) is 4.93. The van der Waals surface area contributed by atoms with Crippen molar-refractivity contribution in [2.75, 3.05) is 11.1 Å². The summed E-state index contributed by atoms with van der Waals surface area (Å²) < 4.78 is 44.0. The highest BCUT2D eigenvalue weighted by Gasteiger charge is 2.30. The van der Waals surface area contributed by atoms with E-state index in [1.165, 1.54) is 12.1 Å². The number of hydrogen-bond acceptors (Lipinski definition) is 5. The molecule has 0 unspecified atom stereocenters. The van der Waals surface area contributed by atoms with Crippen LogP contribution in [0.3, 0.4) is 0 Å². The average Bonchev–Trinajstić information content (AvgIpc) is 3.13. The van der Waals surface area contributed by atoms with E-state index in [0.29, 0.717) is 11.0 Å². The number of benzene rings is 2. The number of nitrogens with one attached hydrogen (secondary N) is 2. The van der Waals surface area contributed by atoms with Crippen molar-refractivity contribution >= 4 is 23.4 Å². The van der Waals surface area contributed by atoms with Crippen molar-refractivity contribution in [3.8, 4) is 5.75 Å². The first kappa shape index (κ1) is 21.7. The number of H-pyrrole nitrogens is 1. The van der Waals surface area contributed by atoms with Gasteiger partial charge in [0.1, 0.15) is 12.4 Å². The van der Waals surface area contributed by atoms with Crippen molar-refractivity contribution in [1.82, 2.24) is 15.2 Å². The number of aryl methyl sites for hydroxylation is 2. The van der Waals surface area contributed by atoms with Crippen LogP contribution in [0.15, 0.2) is 47.6 Å². The topological polar surface area (TPSA) is 79.9 Å². The second kappa shape index (κ2) is 9.21. The summed E-state index contributed by atoms with van der Waals surface area (Å²) in [5, 5.41) is 9.55. The molecule has 2 aromatic carbocycles. The van der Waals surface area contributed by atoms with Gasteiger partial charge in [0.25, 0.3) is 0 Å². The summed E-state index contributed by atoms with van der Waals surface area (Å²) in [6, 6.07) is 10.3. The fourth-order valence-electron chi connectivity index (χ4n) is 2.67. The van der Waals surface area contributed by atoms with Crippen LogP contribution in [-0.4, -0.2) is 26.8 Å². The van der Waals surface area contributed by atoms with Gasteiger partial charge in [0, 0.05) is 5.69 Å². The van der Waals surface area contributed by atoms with E-state index in [1.54, 1.807) is 0 Å². The minimum atomic E-state index is -4.47. The van der Waals surface area contributed by atoms with E-state index < -0.39 is 17.6 Å². The van der Waals surface area contributed by atoms with Gasteiger partial charge in [0.05, 0.1) is 11.3 Å². The quantitative estimate of drug-likeness (QED) is 0.523. The number of nitrogens with zero attached hydrogens (tertiary/aromatic N) is 2. The van der Waals surface area contributed by atoms with Crippen molar-refractivity contribution in [2.24, 2.45) is 0 Å². The van der Waals surface area contributed by atoms with Crippen molar-refractivity contribution in [1.29, 1.82) is 0 Å². The lowest BCUT2D eigenvalue weighted by atomic mass is 10.1. The van der Waals surface area contributed by atoms with E-state index >= 15 is 0 Å². The molecule has 3 aromatic rings. The largest absolute Gasteiger partial charge is 0.485 e. The van der Waals surface area contributed by atoms with E-state index in [0.717, 1.165) is 40.8 Å². The molecule has 158 valence electrons. The van der Waals surface area contributed by atoms with E-state index in [4.69, 9.17) is 4.74 Å². The van der Waals surface area contributed by atoms with Crippen LogP contribution in [-0.2, 0) is 17.6 Å². The molecule has 0 fully saturated rings. The Morgan fingerprint density at radius 2 is 1.87 bits per heavy atom. The number of para-hydroxylation sites is 1. The van der Waals surface area contributed by atoms with Crippen LogP contribution in [0.5, 0.6) is 5.75 Å². The maximum atomic E-state index is 12.7. The van der Waals surface area contributed by atoms with Gasteiger partial charge in [-0.15, -0.1) is 5.10 Å². The van der Waals surface area contributed by atoms with Crippen LogP contribution in [0.4, 0.5) is 18.9 Å². The summed E-state index contributed by atoms with van der Waals surface area (Å²) in [4.78, 5) is 16.3. The predicted octanol–water partition coefficient (Wildman–Crippen LogP) is 4.75. The van der Waals surface area contributed by atoms with Crippen LogP contribution in [0.25, 0.3) is 0 Å². The second-order valence-corrected chi connectivity index (χ2v) is 7.43. The zero-order chi connectivity index (χ0) is 21.7. The molecule has 0 spiro atoms. The maximum Gasteiger partial charge on any atom is 0.416 e. The molecule has 6 nitrogen and oxygen atoms in total. The Labute approximate surface area is 175 Å². The number of ether oxygens (including phenoxy) is 1. The second-order valence-electron chi connectivity index (χ2n) is 6.49. The number of hydrogen-bond donors (Lipinski definition) is 2. The van der Waals surface area contributed by atoms with Crippen molar-refractivity contribution in [3.63, 3.8) is 0 Å². The van der Waals surface area contributed by atoms with Gasteiger partial charge >= 0.3 is 6.18 Å². The molecule has 0 atom stereocenters. The molecule has 0 radical (unpaired) electrons. The predicted molar refractivity (Wildman–Crippen MR) is 107 cm³/mol. The van der Waals surface area contributed by atoms with Crippen LogP contribution in [0.1, 0.15) is 22.5 Å². The molecule has 10 heteroatoms. The lowest BCUT2D eigenvalue weighted by Crippen LogP contribution is -2.15. The first-order valence-corrected chi connectivity index (χ1v) is 9.91. The molecule has 3 rings (SSSR count). The number of anilines is 1. The summed E-state index contributed by atoms with van der Waals surface area (Å²) in [6.07, 6.45) is -4.47. The monoisotopic (exact) mass is 436 g/mol. The number of carbonyl (C=O) groups is 1. The molecule has 1 heterocycles. The average molecular weight is 436 g/mol. The first-order valence-electron chi connectivity index (χ1n) is 8.92. The Kier molecular flexibility index (Phi) is 6.66. The maximum absolute atomic E-state index is 12.7. The number of alkyl halides is 3. The molecule has 1 amide bonds. The highest BCUT2D eigenvalue weighted by Crippen LogP contribution is 2.30. The summed E-state index contributed by atoms with van der Waals surface area (Å²) in [7, 11) is 0. The Morgan fingerprint density at radius 1 is 1.17 bits per heavy atom. The summed E-state index contributed by atoms with van der Waals surface area (Å²) in [5.41, 5.74) is 1.27. The molecule has 2 N–H and O–H groups in total.